The summed E-state index contributed by atoms with van der Waals surface area (Å²) in [6.07, 6.45) is -1.18. The molecule has 0 saturated heterocycles. The lowest BCUT2D eigenvalue weighted by molar-refractivity contribution is -0.141. The molecule has 1 fully saturated rings. The number of aromatic nitrogens is 2. The molecule has 1 heterocycles. The number of thiocarbonyl (C=S) groups is 1. The highest BCUT2D eigenvalue weighted by Gasteiger charge is 2.37. The minimum Gasteiger partial charge on any atom is -0.490 e. The first kappa shape index (κ1) is 25.1. The van der Waals surface area contributed by atoms with Crippen LogP contribution in [-0.4, -0.2) is 41.2 Å². The summed E-state index contributed by atoms with van der Waals surface area (Å²) in [5, 5.41) is 10.6. The van der Waals surface area contributed by atoms with Crippen LogP contribution in [0.5, 0.6) is 11.5 Å². The average molecular weight is 485 g/mol. The highest BCUT2D eigenvalue weighted by atomic mass is 32.1. The van der Waals surface area contributed by atoms with Crippen molar-refractivity contribution in [1.29, 1.82) is 0 Å². The maximum atomic E-state index is 13.0. The Bertz CT molecular complexity index is 929. The second-order valence-corrected chi connectivity index (χ2v) is 8.29. The Labute approximate surface area is 197 Å². The number of aryl methyl sites for hydroxylation is 1. The molecule has 1 saturated carbocycles. The molecule has 0 spiro atoms. The fourth-order valence-electron chi connectivity index (χ4n) is 3.52. The van der Waals surface area contributed by atoms with Crippen LogP contribution in [0.2, 0.25) is 0 Å². The van der Waals surface area contributed by atoms with Gasteiger partial charge in [0, 0.05) is 31.2 Å². The zero-order chi connectivity index (χ0) is 23.8. The smallest absolute Gasteiger partial charge is 0.435 e. The van der Waals surface area contributed by atoms with Crippen LogP contribution < -0.4 is 20.1 Å². The van der Waals surface area contributed by atoms with Gasteiger partial charge in [0.15, 0.2) is 22.3 Å². The number of hydrogen-bond acceptors (Lipinski definition) is 4. The average Bonchev–Trinajstić information content (AvgIpc) is 3.51. The van der Waals surface area contributed by atoms with Crippen molar-refractivity contribution in [2.75, 3.05) is 26.3 Å². The van der Waals surface area contributed by atoms with Gasteiger partial charge in [-0.2, -0.15) is 18.3 Å². The minimum atomic E-state index is -4.41. The molecule has 182 valence electrons. The first-order valence-corrected chi connectivity index (χ1v) is 11.8. The maximum Gasteiger partial charge on any atom is 0.435 e. The van der Waals surface area contributed by atoms with Crippen molar-refractivity contribution in [2.45, 2.75) is 58.2 Å². The van der Waals surface area contributed by atoms with Gasteiger partial charge in [0.2, 0.25) is 0 Å². The molecule has 1 aromatic heterocycles. The Morgan fingerprint density at radius 2 is 1.79 bits per heavy atom. The van der Waals surface area contributed by atoms with Gasteiger partial charge in [-0.15, -0.1) is 0 Å². The molecule has 1 aliphatic rings. The second kappa shape index (κ2) is 11.6. The molecule has 10 heteroatoms. The number of hydrogen-bond donors (Lipinski definition) is 2. The van der Waals surface area contributed by atoms with Gasteiger partial charge in [-0.1, -0.05) is 6.07 Å². The fraction of sp³-hybridized carbons (Fsp3) is 0.565. The highest BCUT2D eigenvalue weighted by Crippen LogP contribution is 2.42. The number of halogens is 3. The summed E-state index contributed by atoms with van der Waals surface area (Å²) in [5.41, 5.74) is 0.977. The van der Waals surface area contributed by atoms with Crippen molar-refractivity contribution in [1.82, 2.24) is 20.4 Å². The van der Waals surface area contributed by atoms with E-state index in [4.69, 9.17) is 21.7 Å². The van der Waals surface area contributed by atoms with Gasteiger partial charge < -0.3 is 20.1 Å². The summed E-state index contributed by atoms with van der Waals surface area (Å²) in [6.45, 7) is 6.62. The van der Waals surface area contributed by atoms with Crippen LogP contribution in [0.4, 0.5) is 13.2 Å². The van der Waals surface area contributed by atoms with E-state index in [9.17, 15) is 13.2 Å². The third-order valence-corrected chi connectivity index (χ3v) is 5.53. The molecule has 2 aromatic rings. The number of alkyl halides is 3. The molecule has 33 heavy (non-hydrogen) atoms. The monoisotopic (exact) mass is 484 g/mol. The number of rotatable bonds is 12. The van der Waals surface area contributed by atoms with Crippen molar-refractivity contribution < 1.29 is 22.6 Å². The zero-order valence-electron chi connectivity index (χ0n) is 19.0. The van der Waals surface area contributed by atoms with Crippen LogP contribution in [0.25, 0.3) is 0 Å². The van der Waals surface area contributed by atoms with E-state index in [1.54, 1.807) is 0 Å². The molecule has 0 aliphatic heterocycles. The van der Waals surface area contributed by atoms with Crippen LogP contribution >= 0.6 is 12.2 Å². The molecule has 3 rings (SSSR count). The van der Waals surface area contributed by atoms with Crippen molar-refractivity contribution in [3.8, 4) is 11.5 Å². The molecule has 0 bridgehead atoms. The van der Waals surface area contributed by atoms with Gasteiger partial charge in [-0.3, -0.25) is 4.68 Å². The largest absolute Gasteiger partial charge is 0.490 e. The molecule has 1 aliphatic carbocycles. The van der Waals surface area contributed by atoms with E-state index in [-0.39, 0.29) is 5.92 Å². The van der Waals surface area contributed by atoms with Gasteiger partial charge >= 0.3 is 6.18 Å². The van der Waals surface area contributed by atoms with Crippen molar-refractivity contribution >= 4 is 17.3 Å². The summed E-state index contributed by atoms with van der Waals surface area (Å²) < 4.78 is 51.7. The first-order chi connectivity index (χ1) is 15.8. The lowest BCUT2D eigenvalue weighted by atomic mass is 10.1. The molecule has 0 unspecified atom stereocenters. The van der Waals surface area contributed by atoms with Crippen molar-refractivity contribution in [3.05, 3.63) is 41.2 Å². The Hall–Kier alpha value is -2.49. The normalized spacial score (nSPS) is 13.6. The van der Waals surface area contributed by atoms with Crippen LogP contribution in [0.15, 0.2) is 24.3 Å². The van der Waals surface area contributed by atoms with Crippen molar-refractivity contribution in [3.63, 3.8) is 0 Å². The van der Waals surface area contributed by atoms with Crippen LogP contribution in [0.3, 0.4) is 0 Å². The lowest BCUT2D eigenvalue weighted by Crippen LogP contribution is -2.37. The predicted octanol–water partition coefficient (Wildman–Crippen LogP) is 4.67. The van der Waals surface area contributed by atoms with Crippen LogP contribution in [0, 0.1) is 0 Å². The van der Waals surface area contributed by atoms with Crippen LogP contribution in [0.1, 0.15) is 56.0 Å². The van der Waals surface area contributed by atoms with E-state index >= 15 is 0 Å². The van der Waals surface area contributed by atoms with Gasteiger partial charge in [-0.05, 0) is 75.5 Å². The fourth-order valence-corrected chi connectivity index (χ4v) is 3.73. The summed E-state index contributed by atoms with van der Waals surface area (Å²) in [7, 11) is 0. The second-order valence-electron chi connectivity index (χ2n) is 7.88. The Balaban J connectivity index is 1.39. The van der Waals surface area contributed by atoms with Crippen molar-refractivity contribution in [2.24, 2.45) is 0 Å². The third kappa shape index (κ3) is 7.52. The number of nitrogens with zero attached hydrogens (tertiary/aromatic N) is 2. The number of ether oxygens (including phenoxy) is 2. The van der Waals surface area contributed by atoms with Gasteiger partial charge in [0.05, 0.1) is 13.2 Å². The molecule has 6 nitrogen and oxygen atoms in total. The molecule has 0 atom stereocenters. The molecule has 0 amide bonds. The summed E-state index contributed by atoms with van der Waals surface area (Å²) in [5.74, 6) is 1.67. The quantitative estimate of drug-likeness (QED) is 0.337. The topological polar surface area (TPSA) is 60.3 Å². The number of nitrogens with one attached hydrogen (secondary N) is 2. The first-order valence-electron chi connectivity index (χ1n) is 11.4. The zero-order valence-corrected chi connectivity index (χ0v) is 19.8. The third-order valence-electron chi connectivity index (χ3n) is 5.24. The Morgan fingerprint density at radius 3 is 2.45 bits per heavy atom. The molecular formula is C23H31F3N4O2S. The van der Waals surface area contributed by atoms with Gasteiger partial charge in [0.1, 0.15) is 0 Å². The van der Waals surface area contributed by atoms with E-state index in [0.29, 0.717) is 50.1 Å². The molecule has 0 radical (unpaired) electrons. The number of benzene rings is 1. The lowest BCUT2D eigenvalue weighted by Gasteiger charge is -2.14. The highest BCUT2D eigenvalue weighted by molar-refractivity contribution is 7.80. The SMILES string of the molecule is CCOc1ccc(CCNC(=S)NCCCn2nc(C(F)(F)F)cc2C2CC2)cc1OCC. The Morgan fingerprint density at radius 1 is 1.09 bits per heavy atom. The van der Waals surface area contributed by atoms with E-state index < -0.39 is 11.9 Å². The van der Waals surface area contributed by atoms with E-state index in [2.05, 4.69) is 15.7 Å². The summed E-state index contributed by atoms with van der Waals surface area (Å²) in [4.78, 5) is 0. The van der Waals surface area contributed by atoms with E-state index in [1.165, 1.54) is 10.7 Å². The van der Waals surface area contributed by atoms with Gasteiger partial charge in [-0.25, -0.2) is 0 Å². The molecule has 2 N–H and O–H groups in total. The maximum absolute atomic E-state index is 13.0. The molecule has 1 aromatic carbocycles. The van der Waals surface area contributed by atoms with E-state index in [1.807, 2.05) is 32.0 Å². The molecular weight excluding hydrogens is 453 g/mol. The summed E-state index contributed by atoms with van der Waals surface area (Å²) >= 11 is 5.31. The van der Waals surface area contributed by atoms with E-state index in [0.717, 1.165) is 36.3 Å². The Kier molecular flexibility index (Phi) is 8.82. The summed E-state index contributed by atoms with van der Waals surface area (Å²) in [6, 6.07) is 7.08. The van der Waals surface area contributed by atoms with Crippen LogP contribution in [-0.2, 0) is 19.1 Å². The van der Waals surface area contributed by atoms with Gasteiger partial charge in [0.25, 0.3) is 0 Å². The standard InChI is InChI=1S/C23H31F3N4O2S/c1-3-31-19-9-6-16(14-20(19)32-4-2)10-12-28-22(33)27-11-5-13-30-18(17-7-8-17)15-21(29-30)23(24,25)26/h6,9,14-15,17H,3-5,7-8,10-13H2,1-2H3,(H2,27,28,33). The minimum absolute atomic E-state index is 0.204. The predicted molar refractivity (Wildman–Crippen MR) is 125 cm³/mol.